The van der Waals surface area contributed by atoms with Gasteiger partial charge in [-0.15, -0.1) is 0 Å². The Labute approximate surface area is 127 Å². The molecule has 110 valence electrons. The van der Waals surface area contributed by atoms with Crippen molar-refractivity contribution in [3.05, 3.63) is 28.2 Å². The Balaban J connectivity index is 2.02. The Morgan fingerprint density at radius 1 is 1.35 bits per heavy atom. The summed E-state index contributed by atoms with van der Waals surface area (Å²) in [6.07, 6.45) is 5.41. The van der Waals surface area contributed by atoms with Crippen LogP contribution in [-0.4, -0.2) is 24.2 Å². The summed E-state index contributed by atoms with van der Waals surface area (Å²) in [6, 6.07) is 5.18. The average molecular weight is 341 g/mol. The molecule has 1 aliphatic carbocycles. The van der Waals surface area contributed by atoms with Crippen LogP contribution < -0.4 is 11.1 Å². The van der Waals surface area contributed by atoms with Gasteiger partial charge in [-0.1, -0.05) is 19.3 Å². The molecule has 1 saturated carbocycles. The molecule has 0 radical (unpaired) electrons. The maximum Gasteiger partial charge on any atom is 0.252 e. The van der Waals surface area contributed by atoms with E-state index < -0.39 is 0 Å². The van der Waals surface area contributed by atoms with Crippen LogP contribution in [0.4, 0.5) is 5.69 Å². The molecule has 5 heteroatoms. The monoisotopic (exact) mass is 340 g/mol. The van der Waals surface area contributed by atoms with E-state index >= 15 is 0 Å². The number of hydrogen-bond acceptors (Lipinski definition) is 3. The third-order valence-electron chi connectivity index (χ3n) is 4.11. The highest BCUT2D eigenvalue weighted by molar-refractivity contribution is 9.10. The number of anilines is 1. The van der Waals surface area contributed by atoms with E-state index in [0.29, 0.717) is 17.8 Å². The summed E-state index contributed by atoms with van der Waals surface area (Å²) in [6.45, 7) is 0.648. The maximum atomic E-state index is 12.2. The molecule has 2 rings (SSSR count). The first kappa shape index (κ1) is 15.3. The third kappa shape index (κ3) is 3.52. The number of rotatable bonds is 4. The van der Waals surface area contributed by atoms with Gasteiger partial charge in [-0.3, -0.25) is 4.79 Å². The number of carbonyl (C=O) groups excluding carboxylic acids is 1. The number of hydrogen-bond donors (Lipinski definition) is 3. The van der Waals surface area contributed by atoms with Crippen molar-refractivity contribution in [2.75, 3.05) is 18.9 Å². The minimum absolute atomic E-state index is 0.130. The largest absolute Gasteiger partial charge is 0.399 e. The van der Waals surface area contributed by atoms with Gasteiger partial charge in [0.1, 0.15) is 0 Å². The summed E-state index contributed by atoms with van der Waals surface area (Å²) in [5, 5.41) is 12.6. The van der Waals surface area contributed by atoms with Crippen molar-refractivity contribution in [2.24, 2.45) is 5.41 Å². The number of nitrogens with one attached hydrogen (secondary N) is 1. The number of benzene rings is 1. The maximum absolute atomic E-state index is 12.2. The smallest absolute Gasteiger partial charge is 0.252 e. The van der Waals surface area contributed by atoms with E-state index in [1.54, 1.807) is 18.2 Å². The second-order valence-corrected chi connectivity index (χ2v) is 6.50. The SMILES string of the molecule is Nc1ccc(Br)c(C(=O)NCC2(CO)CCCCC2)c1. The van der Waals surface area contributed by atoms with Crippen LogP contribution in [-0.2, 0) is 0 Å². The van der Waals surface area contributed by atoms with Crippen LogP contribution >= 0.6 is 15.9 Å². The summed E-state index contributed by atoms with van der Waals surface area (Å²) in [4.78, 5) is 12.2. The Hall–Kier alpha value is -1.07. The summed E-state index contributed by atoms with van der Waals surface area (Å²) in [5.41, 5.74) is 6.66. The van der Waals surface area contributed by atoms with Gasteiger partial charge in [0.2, 0.25) is 0 Å². The van der Waals surface area contributed by atoms with E-state index in [-0.39, 0.29) is 17.9 Å². The van der Waals surface area contributed by atoms with E-state index in [9.17, 15) is 9.90 Å². The zero-order valence-electron chi connectivity index (χ0n) is 11.5. The van der Waals surface area contributed by atoms with Crippen molar-refractivity contribution < 1.29 is 9.90 Å². The number of aliphatic hydroxyl groups excluding tert-OH is 1. The van der Waals surface area contributed by atoms with Gasteiger partial charge in [0.15, 0.2) is 0 Å². The molecule has 0 unspecified atom stereocenters. The average Bonchev–Trinajstić information content (AvgIpc) is 2.48. The topological polar surface area (TPSA) is 75.4 Å². The molecule has 1 aliphatic rings. The Morgan fingerprint density at radius 2 is 2.05 bits per heavy atom. The van der Waals surface area contributed by atoms with Crippen LogP contribution in [0.5, 0.6) is 0 Å². The molecule has 0 bridgehead atoms. The summed E-state index contributed by atoms with van der Waals surface area (Å²) >= 11 is 3.36. The third-order valence-corrected chi connectivity index (χ3v) is 4.80. The molecule has 0 heterocycles. The first-order chi connectivity index (χ1) is 9.56. The van der Waals surface area contributed by atoms with Gasteiger partial charge in [-0.2, -0.15) is 0 Å². The Kier molecular flexibility index (Phi) is 5.05. The van der Waals surface area contributed by atoms with Crippen molar-refractivity contribution in [3.8, 4) is 0 Å². The zero-order chi connectivity index (χ0) is 14.6. The summed E-state index contributed by atoms with van der Waals surface area (Å²) in [7, 11) is 0. The lowest BCUT2D eigenvalue weighted by Gasteiger charge is -2.35. The number of carbonyl (C=O) groups is 1. The Bertz CT molecular complexity index is 485. The molecule has 0 spiro atoms. The van der Waals surface area contributed by atoms with Crippen molar-refractivity contribution in [1.82, 2.24) is 5.32 Å². The van der Waals surface area contributed by atoms with Crippen molar-refractivity contribution in [3.63, 3.8) is 0 Å². The van der Waals surface area contributed by atoms with Gasteiger partial charge in [0.05, 0.1) is 12.2 Å². The van der Waals surface area contributed by atoms with E-state index in [0.717, 1.165) is 30.2 Å². The van der Waals surface area contributed by atoms with Crippen molar-refractivity contribution in [2.45, 2.75) is 32.1 Å². The van der Waals surface area contributed by atoms with Crippen molar-refractivity contribution in [1.29, 1.82) is 0 Å². The molecule has 0 aromatic heterocycles. The highest BCUT2D eigenvalue weighted by Gasteiger charge is 2.31. The van der Waals surface area contributed by atoms with Crippen LogP contribution in [0, 0.1) is 5.41 Å². The van der Waals surface area contributed by atoms with Crippen molar-refractivity contribution >= 4 is 27.5 Å². The van der Waals surface area contributed by atoms with Gasteiger partial charge >= 0.3 is 0 Å². The normalized spacial score (nSPS) is 17.7. The molecular formula is C15H21BrN2O2. The highest BCUT2D eigenvalue weighted by atomic mass is 79.9. The fourth-order valence-corrected chi connectivity index (χ4v) is 3.20. The molecule has 1 fully saturated rings. The van der Waals surface area contributed by atoms with E-state index in [1.165, 1.54) is 6.42 Å². The van der Waals surface area contributed by atoms with Crippen LogP contribution in [0.2, 0.25) is 0 Å². The fraction of sp³-hybridized carbons (Fsp3) is 0.533. The molecule has 20 heavy (non-hydrogen) atoms. The van der Waals surface area contributed by atoms with E-state index in [4.69, 9.17) is 5.73 Å². The number of halogens is 1. The second kappa shape index (κ2) is 6.59. The first-order valence-corrected chi connectivity index (χ1v) is 7.80. The number of nitrogens with two attached hydrogens (primary N) is 1. The molecular weight excluding hydrogens is 320 g/mol. The second-order valence-electron chi connectivity index (χ2n) is 5.64. The molecule has 1 aromatic rings. The molecule has 0 atom stereocenters. The predicted octanol–water partition coefficient (Wildman–Crippen LogP) is 2.70. The number of aliphatic hydroxyl groups is 1. The summed E-state index contributed by atoms with van der Waals surface area (Å²) < 4.78 is 0.728. The first-order valence-electron chi connectivity index (χ1n) is 7.00. The molecule has 0 saturated heterocycles. The van der Waals surface area contributed by atoms with Gasteiger partial charge in [0, 0.05) is 22.1 Å². The lowest BCUT2D eigenvalue weighted by molar-refractivity contribution is 0.0717. The van der Waals surface area contributed by atoms with Crippen LogP contribution in [0.15, 0.2) is 22.7 Å². The van der Waals surface area contributed by atoms with Crippen LogP contribution in [0.3, 0.4) is 0 Å². The molecule has 0 aliphatic heterocycles. The molecule has 1 aromatic carbocycles. The van der Waals surface area contributed by atoms with Crippen LogP contribution in [0.1, 0.15) is 42.5 Å². The molecule has 1 amide bonds. The zero-order valence-corrected chi connectivity index (χ0v) is 13.1. The Morgan fingerprint density at radius 3 is 2.70 bits per heavy atom. The number of amides is 1. The lowest BCUT2D eigenvalue weighted by atomic mass is 9.74. The van der Waals surface area contributed by atoms with Gasteiger partial charge in [-0.05, 0) is 47.0 Å². The number of nitrogen functional groups attached to an aromatic ring is 1. The predicted molar refractivity (Wildman–Crippen MR) is 83.5 cm³/mol. The van der Waals surface area contributed by atoms with E-state index in [2.05, 4.69) is 21.2 Å². The minimum atomic E-state index is -0.152. The van der Waals surface area contributed by atoms with Gasteiger partial charge < -0.3 is 16.2 Å². The minimum Gasteiger partial charge on any atom is -0.399 e. The van der Waals surface area contributed by atoms with Gasteiger partial charge in [-0.25, -0.2) is 0 Å². The highest BCUT2D eigenvalue weighted by Crippen LogP contribution is 2.35. The quantitative estimate of drug-likeness (QED) is 0.737. The van der Waals surface area contributed by atoms with Crippen LogP contribution in [0.25, 0.3) is 0 Å². The molecule has 4 nitrogen and oxygen atoms in total. The summed E-state index contributed by atoms with van der Waals surface area (Å²) in [5.74, 6) is -0.150. The molecule has 4 N–H and O–H groups in total. The van der Waals surface area contributed by atoms with E-state index in [1.807, 2.05) is 0 Å². The standard InChI is InChI=1S/C15H21BrN2O2/c16-13-5-4-11(17)8-12(13)14(20)18-9-15(10-19)6-2-1-3-7-15/h4-5,8,19H,1-3,6-7,9-10,17H2,(H,18,20). The fourth-order valence-electron chi connectivity index (χ4n) is 2.77. The lowest BCUT2D eigenvalue weighted by Crippen LogP contribution is -2.41. The van der Waals surface area contributed by atoms with Gasteiger partial charge in [0.25, 0.3) is 5.91 Å².